The molecule has 0 aromatic heterocycles. The van der Waals surface area contributed by atoms with Crippen molar-refractivity contribution in [3.05, 3.63) is 29.8 Å². The third kappa shape index (κ3) is 4.51. The van der Waals surface area contributed by atoms with Gasteiger partial charge in [-0.3, -0.25) is 0 Å². The fraction of sp³-hybridized carbons (Fsp3) is 0.533. The van der Waals surface area contributed by atoms with Crippen LogP contribution in [0.3, 0.4) is 0 Å². The molecule has 0 spiro atoms. The first-order valence-electron chi connectivity index (χ1n) is 7.12. The zero-order valence-electron chi connectivity index (χ0n) is 11.9. The van der Waals surface area contributed by atoms with Crippen molar-refractivity contribution >= 4 is 11.7 Å². The van der Waals surface area contributed by atoms with E-state index in [1.807, 2.05) is 24.3 Å². The van der Waals surface area contributed by atoms with E-state index in [-0.39, 0.29) is 0 Å². The van der Waals surface area contributed by atoms with Crippen molar-refractivity contribution in [2.45, 2.75) is 25.8 Å². The van der Waals surface area contributed by atoms with E-state index < -0.39 is 6.03 Å². The maximum atomic E-state index is 10.7. The molecule has 110 valence electrons. The molecular formula is C15H23N3O2. The van der Waals surface area contributed by atoms with Crippen LogP contribution in [0, 0.1) is 5.92 Å². The minimum absolute atomic E-state index is 0.292. The van der Waals surface area contributed by atoms with E-state index in [4.69, 9.17) is 10.5 Å². The SMILES string of the molecule is CC(NCCC1CCOC1)c1ccc(NC(N)=O)cc1. The second-order valence-corrected chi connectivity index (χ2v) is 5.31. The molecule has 1 aliphatic heterocycles. The largest absolute Gasteiger partial charge is 0.381 e. The number of amides is 2. The van der Waals surface area contributed by atoms with Crippen LogP contribution < -0.4 is 16.4 Å². The normalized spacial score (nSPS) is 19.8. The first kappa shape index (κ1) is 14.8. The standard InChI is InChI=1S/C15H23N3O2/c1-11(17-8-6-12-7-9-20-10-12)13-2-4-14(5-3-13)18-15(16)19/h2-5,11-12,17H,6-10H2,1H3,(H3,16,18,19). The average Bonchev–Trinajstić information content (AvgIpc) is 2.92. The van der Waals surface area contributed by atoms with Crippen LogP contribution >= 0.6 is 0 Å². The third-order valence-corrected chi connectivity index (χ3v) is 3.71. The Morgan fingerprint density at radius 2 is 2.20 bits per heavy atom. The number of carbonyl (C=O) groups excluding carboxylic acids is 1. The van der Waals surface area contributed by atoms with Crippen LogP contribution in [-0.4, -0.2) is 25.8 Å². The molecule has 0 aliphatic carbocycles. The summed E-state index contributed by atoms with van der Waals surface area (Å²) in [5, 5.41) is 6.07. The number of rotatable bonds is 6. The van der Waals surface area contributed by atoms with E-state index in [9.17, 15) is 4.79 Å². The van der Waals surface area contributed by atoms with Gasteiger partial charge in [0.05, 0.1) is 0 Å². The summed E-state index contributed by atoms with van der Waals surface area (Å²) >= 11 is 0. The number of ether oxygens (including phenoxy) is 1. The monoisotopic (exact) mass is 277 g/mol. The summed E-state index contributed by atoms with van der Waals surface area (Å²) in [6.07, 6.45) is 2.34. The van der Waals surface area contributed by atoms with Gasteiger partial charge in [-0.2, -0.15) is 0 Å². The van der Waals surface area contributed by atoms with Crippen LogP contribution in [0.4, 0.5) is 10.5 Å². The maximum absolute atomic E-state index is 10.7. The number of urea groups is 1. The van der Waals surface area contributed by atoms with Crippen LogP contribution in [0.25, 0.3) is 0 Å². The van der Waals surface area contributed by atoms with Crippen LogP contribution in [0.2, 0.25) is 0 Å². The molecule has 20 heavy (non-hydrogen) atoms. The first-order chi connectivity index (χ1) is 9.65. The Morgan fingerprint density at radius 3 is 2.80 bits per heavy atom. The van der Waals surface area contributed by atoms with Gasteiger partial charge < -0.3 is 21.1 Å². The molecule has 2 unspecified atom stereocenters. The number of hydrogen-bond donors (Lipinski definition) is 3. The second-order valence-electron chi connectivity index (χ2n) is 5.31. The Kier molecular flexibility index (Phi) is 5.38. The predicted octanol–water partition coefficient (Wildman–Crippen LogP) is 2.25. The first-order valence-corrected chi connectivity index (χ1v) is 7.12. The molecule has 2 amide bonds. The van der Waals surface area contributed by atoms with E-state index in [1.165, 1.54) is 12.0 Å². The molecule has 1 aromatic rings. The Labute approximate surface area is 119 Å². The van der Waals surface area contributed by atoms with Crippen molar-refractivity contribution in [2.24, 2.45) is 11.7 Å². The highest BCUT2D eigenvalue weighted by atomic mass is 16.5. The quantitative estimate of drug-likeness (QED) is 0.746. The van der Waals surface area contributed by atoms with Gasteiger partial charge >= 0.3 is 6.03 Å². The minimum atomic E-state index is -0.539. The van der Waals surface area contributed by atoms with Crippen LogP contribution in [0.5, 0.6) is 0 Å². The number of primary amides is 1. The molecule has 0 saturated carbocycles. The highest BCUT2D eigenvalue weighted by Gasteiger charge is 2.15. The fourth-order valence-corrected chi connectivity index (χ4v) is 2.43. The average molecular weight is 277 g/mol. The molecule has 1 aliphatic rings. The van der Waals surface area contributed by atoms with Crippen molar-refractivity contribution < 1.29 is 9.53 Å². The molecule has 0 bridgehead atoms. The van der Waals surface area contributed by atoms with Crippen LogP contribution in [0.15, 0.2) is 24.3 Å². The highest BCUT2D eigenvalue weighted by molar-refractivity contribution is 5.87. The molecule has 1 aromatic carbocycles. The Balaban J connectivity index is 1.76. The number of nitrogens with two attached hydrogens (primary N) is 1. The Morgan fingerprint density at radius 1 is 1.45 bits per heavy atom. The lowest BCUT2D eigenvalue weighted by Crippen LogP contribution is -2.22. The van der Waals surface area contributed by atoms with Crippen molar-refractivity contribution in [1.29, 1.82) is 0 Å². The number of carbonyl (C=O) groups is 1. The molecule has 1 fully saturated rings. The van der Waals surface area contributed by atoms with Crippen molar-refractivity contribution in [3.8, 4) is 0 Å². The molecule has 1 heterocycles. The van der Waals surface area contributed by atoms with E-state index in [0.29, 0.717) is 12.0 Å². The summed E-state index contributed by atoms with van der Waals surface area (Å²) in [6, 6.07) is 7.48. The number of hydrogen-bond acceptors (Lipinski definition) is 3. The second kappa shape index (κ2) is 7.26. The zero-order chi connectivity index (χ0) is 14.4. The number of anilines is 1. The molecule has 4 N–H and O–H groups in total. The van der Waals surface area contributed by atoms with Gasteiger partial charge in [-0.05, 0) is 49.9 Å². The zero-order valence-corrected chi connectivity index (χ0v) is 11.9. The van der Waals surface area contributed by atoms with Gasteiger partial charge in [0.1, 0.15) is 0 Å². The van der Waals surface area contributed by atoms with Crippen LogP contribution in [0.1, 0.15) is 31.4 Å². The summed E-state index contributed by atoms with van der Waals surface area (Å²) in [4.78, 5) is 10.7. The fourth-order valence-electron chi connectivity index (χ4n) is 2.43. The lowest BCUT2D eigenvalue weighted by molar-refractivity contribution is 0.184. The lowest BCUT2D eigenvalue weighted by Gasteiger charge is -2.16. The van der Waals surface area contributed by atoms with E-state index in [1.54, 1.807) is 0 Å². The van der Waals surface area contributed by atoms with E-state index >= 15 is 0 Å². The topological polar surface area (TPSA) is 76.4 Å². The summed E-state index contributed by atoms with van der Waals surface area (Å²) < 4.78 is 5.37. The van der Waals surface area contributed by atoms with Gasteiger partial charge in [-0.1, -0.05) is 12.1 Å². The Bertz CT molecular complexity index is 427. The number of benzene rings is 1. The molecule has 0 radical (unpaired) electrons. The van der Waals surface area contributed by atoms with Gasteiger partial charge in [0.25, 0.3) is 0 Å². The molecule has 5 nitrogen and oxygen atoms in total. The van der Waals surface area contributed by atoms with Crippen molar-refractivity contribution in [2.75, 3.05) is 25.1 Å². The lowest BCUT2D eigenvalue weighted by atomic mass is 10.0. The summed E-state index contributed by atoms with van der Waals surface area (Å²) in [6.45, 7) is 4.95. The highest BCUT2D eigenvalue weighted by Crippen LogP contribution is 2.18. The van der Waals surface area contributed by atoms with Gasteiger partial charge in [-0.25, -0.2) is 4.79 Å². The minimum Gasteiger partial charge on any atom is -0.381 e. The smallest absolute Gasteiger partial charge is 0.316 e. The summed E-state index contributed by atoms with van der Waals surface area (Å²) in [5.41, 5.74) is 6.99. The Hall–Kier alpha value is -1.59. The van der Waals surface area contributed by atoms with Crippen molar-refractivity contribution in [3.63, 3.8) is 0 Å². The predicted molar refractivity (Wildman–Crippen MR) is 79.6 cm³/mol. The molecule has 1 saturated heterocycles. The summed E-state index contributed by atoms with van der Waals surface area (Å²) in [7, 11) is 0. The van der Waals surface area contributed by atoms with Gasteiger partial charge in [-0.15, -0.1) is 0 Å². The van der Waals surface area contributed by atoms with Gasteiger partial charge in [0, 0.05) is 24.9 Å². The molecule has 2 atom stereocenters. The van der Waals surface area contributed by atoms with E-state index in [2.05, 4.69) is 17.6 Å². The van der Waals surface area contributed by atoms with Gasteiger partial charge in [0.15, 0.2) is 0 Å². The van der Waals surface area contributed by atoms with E-state index in [0.717, 1.165) is 31.9 Å². The number of nitrogens with one attached hydrogen (secondary N) is 2. The molecule has 2 rings (SSSR count). The van der Waals surface area contributed by atoms with Gasteiger partial charge in [0.2, 0.25) is 0 Å². The molecule has 5 heteroatoms. The molecular weight excluding hydrogens is 254 g/mol. The third-order valence-electron chi connectivity index (χ3n) is 3.71. The van der Waals surface area contributed by atoms with Crippen LogP contribution in [-0.2, 0) is 4.74 Å². The summed E-state index contributed by atoms with van der Waals surface area (Å²) in [5.74, 6) is 0.705. The van der Waals surface area contributed by atoms with Crippen molar-refractivity contribution in [1.82, 2.24) is 5.32 Å². The maximum Gasteiger partial charge on any atom is 0.316 e.